The summed E-state index contributed by atoms with van der Waals surface area (Å²) in [7, 11) is 0. The standard InChI is InChI=1S/C24H26N4O4S/c29-20(14-28-18-9-3-2-8-17(18)25-13-21(28)30)27-24-22(16-7-1-4-10-19(16)33-24)23(31)26-12-15-6-5-11-32-15/h2-3,8-9,13,15H,1,4-7,10-12,14H2,(H,26,31)(H,27,29)/t15-/m0/s1. The summed E-state index contributed by atoms with van der Waals surface area (Å²) in [6.07, 6.45) is 7.09. The van der Waals surface area contributed by atoms with Crippen molar-refractivity contribution in [2.24, 2.45) is 0 Å². The van der Waals surface area contributed by atoms with E-state index in [2.05, 4.69) is 15.6 Å². The Morgan fingerprint density at radius 1 is 1.18 bits per heavy atom. The number of ether oxygens (including phenoxy) is 1. The van der Waals surface area contributed by atoms with Crippen LogP contribution >= 0.6 is 11.3 Å². The predicted molar refractivity (Wildman–Crippen MR) is 127 cm³/mol. The first-order valence-electron chi connectivity index (χ1n) is 11.4. The van der Waals surface area contributed by atoms with Crippen molar-refractivity contribution in [2.45, 2.75) is 51.2 Å². The normalized spacial score (nSPS) is 17.6. The Hall–Kier alpha value is -3.04. The summed E-state index contributed by atoms with van der Waals surface area (Å²) in [5, 5.41) is 6.48. The fourth-order valence-electron chi connectivity index (χ4n) is 4.58. The minimum Gasteiger partial charge on any atom is -0.376 e. The molecule has 1 aliphatic heterocycles. The third-order valence-electron chi connectivity index (χ3n) is 6.22. The second-order valence-electron chi connectivity index (χ2n) is 8.48. The van der Waals surface area contributed by atoms with Crippen LogP contribution in [0.5, 0.6) is 0 Å². The summed E-state index contributed by atoms with van der Waals surface area (Å²) < 4.78 is 7.03. The Morgan fingerprint density at radius 3 is 2.88 bits per heavy atom. The van der Waals surface area contributed by atoms with E-state index >= 15 is 0 Å². The zero-order valence-corrected chi connectivity index (χ0v) is 19.1. The minimum absolute atomic E-state index is 0.0494. The number of nitrogens with zero attached hydrogens (tertiary/aromatic N) is 2. The van der Waals surface area contributed by atoms with Crippen molar-refractivity contribution in [3.63, 3.8) is 0 Å². The monoisotopic (exact) mass is 466 g/mol. The van der Waals surface area contributed by atoms with Crippen molar-refractivity contribution in [1.29, 1.82) is 0 Å². The molecular weight excluding hydrogens is 440 g/mol. The molecule has 1 fully saturated rings. The van der Waals surface area contributed by atoms with Gasteiger partial charge >= 0.3 is 0 Å². The quantitative estimate of drug-likeness (QED) is 0.582. The van der Waals surface area contributed by atoms with Gasteiger partial charge in [0.25, 0.3) is 11.5 Å². The molecule has 3 heterocycles. The minimum atomic E-state index is -0.347. The lowest BCUT2D eigenvalue weighted by molar-refractivity contribution is -0.116. The maximum Gasteiger partial charge on any atom is 0.269 e. The molecule has 172 valence electrons. The number of amides is 2. The maximum atomic E-state index is 13.1. The van der Waals surface area contributed by atoms with Crippen molar-refractivity contribution < 1.29 is 14.3 Å². The first-order chi connectivity index (χ1) is 16.1. The Balaban J connectivity index is 1.38. The summed E-state index contributed by atoms with van der Waals surface area (Å²) in [5.74, 6) is -0.521. The van der Waals surface area contributed by atoms with Gasteiger partial charge in [-0.25, -0.2) is 4.98 Å². The fourth-order valence-corrected chi connectivity index (χ4v) is 5.88. The van der Waals surface area contributed by atoms with E-state index in [1.807, 2.05) is 12.1 Å². The molecule has 1 aliphatic carbocycles. The number of hydrogen-bond acceptors (Lipinski definition) is 6. The zero-order chi connectivity index (χ0) is 22.8. The average molecular weight is 467 g/mol. The lowest BCUT2D eigenvalue weighted by atomic mass is 9.95. The van der Waals surface area contributed by atoms with Gasteiger partial charge in [0.2, 0.25) is 5.91 Å². The van der Waals surface area contributed by atoms with Gasteiger partial charge in [0.1, 0.15) is 11.5 Å². The summed E-state index contributed by atoms with van der Waals surface area (Å²) in [5.41, 5.74) is 2.50. The molecule has 2 amide bonds. The molecule has 1 aromatic carbocycles. The largest absolute Gasteiger partial charge is 0.376 e. The van der Waals surface area contributed by atoms with Gasteiger partial charge in [-0.15, -0.1) is 11.3 Å². The van der Waals surface area contributed by atoms with Crippen molar-refractivity contribution in [2.75, 3.05) is 18.5 Å². The van der Waals surface area contributed by atoms with E-state index in [-0.39, 0.29) is 30.0 Å². The molecule has 8 nitrogen and oxygen atoms in total. The summed E-state index contributed by atoms with van der Waals surface area (Å²) in [6.45, 7) is 1.05. The highest BCUT2D eigenvalue weighted by atomic mass is 32.1. The summed E-state index contributed by atoms with van der Waals surface area (Å²) in [4.78, 5) is 43.9. The molecule has 1 saturated heterocycles. The van der Waals surface area contributed by atoms with Gasteiger partial charge in [-0.3, -0.25) is 19.0 Å². The summed E-state index contributed by atoms with van der Waals surface area (Å²) in [6, 6.07) is 7.21. The van der Waals surface area contributed by atoms with Gasteiger partial charge in [-0.1, -0.05) is 12.1 Å². The van der Waals surface area contributed by atoms with E-state index in [9.17, 15) is 14.4 Å². The summed E-state index contributed by atoms with van der Waals surface area (Å²) >= 11 is 1.47. The van der Waals surface area contributed by atoms with Crippen LogP contribution < -0.4 is 16.2 Å². The third kappa shape index (κ3) is 4.56. The van der Waals surface area contributed by atoms with Crippen LogP contribution in [-0.2, 0) is 28.9 Å². The first-order valence-corrected chi connectivity index (χ1v) is 12.2. The van der Waals surface area contributed by atoms with Crippen molar-refractivity contribution in [3.8, 4) is 0 Å². The van der Waals surface area contributed by atoms with Gasteiger partial charge in [-0.05, 0) is 56.2 Å². The van der Waals surface area contributed by atoms with Crippen LogP contribution in [0.25, 0.3) is 11.0 Å². The highest BCUT2D eigenvalue weighted by Gasteiger charge is 2.27. The number of aryl methyl sites for hydroxylation is 1. The molecule has 0 radical (unpaired) electrons. The Bertz CT molecular complexity index is 1260. The molecule has 0 saturated carbocycles. The molecule has 3 aromatic rings. The van der Waals surface area contributed by atoms with Crippen LogP contribution in [0.3, 0.4) is 0 Å². The number of para-hydroxylation sites is 2. The lowest BCUT2D eigenvalue weighted by Gasteiger charge is -2.15. The Kier molecular flexibility index (Phi) is 6.24. The maximum absolute atomic E-state index is 13.1. The molecule has 9 heteroatoms. The molecular formula is C24H26N4O4S. The lowest BCUT2D eigenvalue weighted by Crippen LogP contribution is -2.33. The molecule has 5 rings (SSSR count). The smallest absolute Gasteiger partial charge is 0.269 e. The number of hydrogen-bond donors (Lipinski definition) is 2. The molecule has 2 aliphatic rings. The van der Waals surface area contributed by atoms with Gasteiger partial charge < -0.3 is 15.4 Å². The molecule has 1 atom stereocenters. The number of fused-ring (bicyclic) bond motifs is 2. The number of nitrogens with one attached hydrogen (secondary N) is 2. The highest BCUT2D eigenvalue weighted by molar-refractivity contribution is 7.17. The van der Waals surface area contributed by atoms with Gasteiger partial charge in [0, 0.05) is 18.0 Å². The number of benzene rings is 1. The number of aromatic nitrogens is 2. The number of thiophene rings is 1. The number of anilines is 1. The Morgan fingerprint density at radius 2 is 2.03 bits per heavy atom. The van der Waals surface area contributed by atoms with Crippen LogP contribution in [0, 0.1) is 0 Å². The van der Waals surface area contributed by atoms with E-state index in [1.165, 1.54) is 22.1 Å². The zero-order valence-electron chi connectivity index (χ0n) is 18.3. The predicted octanol–water partition coefficient (Wildman–Crippen LogP) is 2.88. The van der Waals surface area contributed by atoms with E-state index in [4.69, 9.17) is 4.74 Å². The molecule has 0 unspecified atom stereocenters. The van der Waals surface area contributed by atoms with Gasteiger partial charge in [-0.2, -0.15) is 0 Å². The van der Waals surface area contributed by atoms with Crippen molar-refractivity contribution in [3.05, 3.63) is 56.8 Å². The molecule has 0 bridgehead atoms. The van der Waals surface area contributed by atoms with Crippen LogP contribution in [-0.4, -0.2) is 40.6 Å². The topological polar surface area (TPSA) is 102 Å². The third-order valence-corrected chi connectivity index (χ3v) is 7.43. The second kappa shape index (κ2) is 9.44. The number of rotatable bonds is 6. The van der Waals surface area contributed by atoms with Crippen LogP contribution in [0.4, 0.5) is 5.00 Å². The van der Waals surface area contributed by atoms with E-state index in [0.29, 0.717) is 28.1 Å². The molecule has 33 heavy (non-hydrogen) atoms. The molecule has 2 aromatic heterocycles. The first kappa shape index (κ1) is 21.8. The number of carbonyl (C=O) groups excluding carboxylic acids is 2. The van der Waals surface area contributed by atoms with Crippen LogP contribution in [0.2, 0.25) is 0 Å². The molecule has 2 N–H and O–H groups in total. The van der Waals surface area contributed by atoms with Crippen LogP contribution in [0.15, 0.2) is 35.3 Å². The van der Waals surface area contributed by atoms with E-state index in [0.717, 1.165) is 55.6 Å². The Labute approximate surface area is 195 Å². The van der Waals surface area contributed by atoms with Crippen molar-refractivity contribution >= 4 is 39.2 Å². The second-order valence-corrected chi connectivity index (χ2v) is 9.58. The van der Waals surface area contributed by atoms with Crippen LogP contribution in [0.1, 0.15) is 46.5 Å². The fraction of sp³-hybridized carbons (Fsp3) is 0.417. The van der Waals surface area contributed by atoms with E-state index < -0.39 is 0 Å². The SMILES string of the molecule is O=C(Cn1c(=O)cnc2ccccc21)Nc1sc2c(c1C(=O)NC[C@@H]1CCCO1)CCCC2. The number of carbonyl (C=O) groups is 2. The van der Waals surface area contributed by atoms with Gasteiger partial charge in [0.05, 0.1) is 28.9 Å². The van der Waals surface area contributed by atoms with Crippen molar-refractivity contribution in [1.82, 2.24) is 14.9 Å². The van der Waals surface area contributed by atoms with Gasteiger partial charge in [0.15, 0.2) is 0 Å². The molecule has 0 spiro atoms. The van der Waals surface area contributed by atoms with E-state index in [1.54, 1.807) is 12.1 Å². The highest BCUT2D eigenvalue weighted by Crippen LogP contribution is 2.38. The average Bonchev–Trinajstić information content (AvgIpc) is 3.47.